The predicted octanol–water partition coefficient (Wildman–Crippen LogP) is 3.69. The zero-order chi connectivity index (χ0) is 18.4. The van der Waals surface area contributed by atoms with Crippen LogP contribution in [0, 0.1) is 10.1 Å². The van der Waals surface area contributed by atoms with Crippen molar-refractivity contribution in [1.29, 1.82) is 0 Å². The maximum absolute atomic E-state index is 11.6. The van der Waals surface area contributed by atoms with Crippen LogP contribution in [0.5, 0.6) is 5.75 Å². The summed E-state index contributed by atoms with van der Waals surface area (Å²) in [4.78, 5) is 21.8. The van der Waals surface area contributed by atoms with Crippen LogP contribution in [0.15, 0.2) is 46.0 Å². The molecule has 130 valence electrons. The van der Waals surface area contributed by atoms with Crippen molar-refractivity contribution >= 4 is 39.5 Å². The third kappa shape index (κ3) is 4.77. The number of ether oxygens (including phenoxy) is 1. The van der Waals surface area contributed by atoms with Crippen LogP contribution in [-0.2, 0) is 4.74 Å². The first-order valence-electron chi connectivity index (χ1n) is 7.15. The second-order valence-corrected chi connectivity index (χ2v) is 5.70. The topological polar surface area (TPSA) is 114 Å². The summed E-state index contributed by atoms with van der Waals surface area (Å²) < 4.78 is 5.33. The minimum atomic E-state index is -0.682. The molecule has 0 aliphatic carbocycles. The van der Waals surface area contributed by atoms with Crippen LogP contribution in [0.4, 0.5) is 11.4 Å². The van der Waals surface area contributed by atoms with Crippen LogP contribution in [-0.4, -0.2) is 28.8 Å². The quantitative estimate of drug-likeness (QED) is 0.326. The van der Waals surface area contributed by atoms with Crippen LogP contribution in [0.25, 0.3) is 0 Å². The number of benzene rings is 2. The fourth-order valence-corrected chi connectivity index (χ4v) is 2.38. The molecule has 2 N–H and O–H groups in total. The van der Waals surface area contributed by atoms with Gasteiger partial charge in [-0.1, -0.05) is 15.9 Å². The van der Waals surface area contributed by atoms with Gasteiger partial charge in [0.2, 0.25) is 5.75 Å². The number of nitro benzene ring substituents is 1. The highest BCUT2D eigenvalue weighted by Gasteiger charge is 2.17. The van der Waals surface area contributed by atoms with Gasteiger partial charge in [-0.2, -0.15) is 5.10 Å². The monoisotopic (exact) mass is 407 g/mol. The molecule has 0 amide bonds. The molecule has 0 bridgehead atoms. The minimum absolute atomic E-state index is 0.178. The SMILES string of the molecule is CCOC(=O)c1ccc(N/N=C\c2cc(Br)cc([N+](=O)[O-])c2O)cc1. The van der Waals surface area contributed by atoms with Gasteiger partial charge in [-0.15, -0.1) is 0 Å². The molecule has 8 nitrogen and oxygen atoms in total. The molecule has 0 heterocycles. The third-order valence-corrected chi connectivity index (χ3v) is 3.53. The average molecular weight is 408 g/mol. The Hall–Kier alpha value is -2.94. The maximum atomic E-state index is 11.6. The molecule has 0 fully saturated rings. The molecule has 2 aromatic rings. The van der Waals surface area contributed by atoms with E-state index < -0.39 is 22.3 Å². The van der Waals surface area contributed by atoms with Crippen LogP contribution in [0.2, 0.25) is 0 Å². The largest absolute Gasteiger partial charge is 0.502 e. The van der Waals surface area contributed by atoms with E-state index in [4.69, 9.17) is 4.74 Å². The Balaban J connectivity index is 2.11. The fourth-order valence-electron chi connectivity index (χ4n) is 1.91. The molecule has 0 saturated carbocycles. The van der Waals surface area contributed by atoms with Gasteiger partial charge in [0.05, 0.1) is 29.0 Å². The summed E-state index contributed by atoms with van der Waals surface area (Å²) >= 11 is 3.15. The van der Waals surface area contributed by atoms with Crippen LogP contribution < -0.4 is 5.43 Å². The van der Waals surface area contributed by atoms with Crippen LogP contribution in [0.1, 0.15) is 22.8 Å². The fraction of sp³-hybridized carbons (Fsp3) is 0.125. The first-order chi connectivity index (χ1) is 11.9. The highest BCUT2D eigenvalue weighted by Crippen LogP contribution is 2.32. The predicted molar refractivity (Wildman–Crippen MR) is 96.1 cm³/mol. The Labute approximate surface area is 151 Å². The molecule has 0 saturated heterocycles. The van der Waals surface area contributed by atoms with E-state index in [-0.39, 0.29) is 5.56 Å². The van der Waals surface area contributed by atoms with Gasteiger partial charge < -0.3 is 9.84 Å². The van der Waals surface area contributed by atoms with Crippen LogP contribution >= 0.6 is 15.9 Å². The van der Waals surface area contributed by atoms with Gasteiger partial charge in [0, 0.05) is 16.1 Å². The molecule has 0 aromatic heterocycles. The molecule has 25 heavy (non-hydrogen) atoms. The van der Waals surface area contributed by atoms with Crippen molar-refractivity contribution in [3.8, 4) is 5.75 Å². The second kappa shape index (κ2) is 8.25. The second-order valence-electron chi connectivity index (χ2n) is 4.79. The minimum Gasteiger partial charge on any atom is -0.502 e. The van der Waals surface area contributed by atoms with Gasteiger partial charge in [-0.25, -0.2) is 4.79 Å². The smallest absolute Gasteiger partial charge is 0.338 e. The summed E-state index contributed by atoms with van der Waals surface area (Å²) in [6.45, 7) is 2.02. The number of aromatic hydroxyl groups is 1. The first-order valence-corrected chi connectivity index (χ1v) is 7.94. The number of carbonyl (C=O) groups is 1. The number of nitrogens with one attached hydrogen (secondary N) is 1. The van der Waals surface area contributed by atoms with Crippen molar-refractivity contribution in [3.63, 3.8) is 0 Å². The Bertz CT molecular complexity index is 821. The van der Waals surface area contributed by atoms with E-state index >= 15 is 0 Å². The van der Waals surface area contributed by atoms with Crippen LogP contribution in [0.3, 0.4) is 0 Å². The molecule has 2 aromatic carbocycles. The Morgan fingerprint density at radius 2 is 2.08 bits per heavy atom. The molecule has 0 spiro atoms. The van der Waals surface area contributed by atoms with Gasteiger partial charge in [0.25, 0.3) is 0 Å². The summed E-state index contributed by atoms with van der Waals surface area (Å²) in [5.41, 5.74) is 3.47. The van der Waals surface area contributed by atoms with E-state index in [1.807, 2.05) is 0 Å². The number of phenolic OH excluding ortho intramolecular Hbond substituents is 1. The molecule has 9 heteroatoms. The van der Waals surface area contributed by atoms with E-state index in [9.17, 15) is 20.0 Å². The Morgan fingerprint density at radius 1 is 1.40 bits per heavy atom. The van der Waals surface area contributed by atoms with Gasteiger partial charge >= 0.3 is 11.7 Å². The highest BCUT2D eigenvalue weighted by atomic mass is 79.9. The van der Waals surface area contributed by atoms with E-state index in [1.54, 1.807) is 31.2 Å². The number of nitrogens with zero attached hydrogens (tertiary/aromatic N) is 2. The average Bonchev–Trinajstić information content (AvgIpc) is 2.58. The molecular weight excluding hydrogens is 394 g/mol. The lowest BCUT2D eigenvalue weighted by molar-refractivity contribution is -0.385. The number of hydrogen-bond acceptors (Lipinski definition) is 7. The molecule has 0 unspecified atom stereocenters. The summed E-state index contributed by atoms with van der Waals surface area (Å²) in [7, 11) is 0. The summed E-state index contributed by atoms with van der Waals surface area (Å²) in [5.74, 6) is -0.889. The van der Waals surface area contributed by atoms with E-state index in [2.05, 4.69) is 26.5 Å². The number of rotatable bonds is 6. The van der Waals surface area contributed by atoms with Crippen molar-refractivity contribution in [1.82, 2.24) is 0 Å². The normalized spacial score (nSPS) is 10.6. The number of phenols is 1. The van der Waals surface area contributed by atoms with Gasteiger partial charge in [-0.05, 0) is 37.3 Å². The lowest BCUT2D eigenvalue weighted by atomic mass is 10.2. The van der Waals surface area contributed by atoms with Crippen molar-refractivity contribution in [3.05, 3.63) is 62.1 Å². The van der Waals surface area contributed by atoms with Gasteiger partial charge in [0.15, 0.2) is 0 Å². The van der Waals surface area contributed by atoms with Gasteiger partial charge in [0.1, 0.15) is 0 Å². The molecule has 0 aliphatic rings. The number of carbonyl (C=O) groups excluding carboxylic acids is 1. The van der Waals surface area contributed by atoms with Crippen molar-refractivity contribution in [2.24, 2.45) is 5.10 Å². The lowest BCUT2D eigenvalue weighted by Crippen LogP contribution is -2.04. The molecular formula is C16H14BrN3O5. The zero-order valence-electron chi connectivity index (χ0n) is 13.1. The van der Waals surface area contributed by atoms with E-state index in [0.29, 0.717) is 22.3 Å². The highest BCUT2D eigenvalue weighted by molar-refractivity contribution is 9.10. The third-order valence-electron chi connectivity index (χ3n) is 3.07. The Morgan fingerprint density at radius 3 is 2.68 bits per heavy atom. The number of nitro groups is 1. The summed E-state index contributed by atoms with van der Waals surface area (Å²) in [6.07, 6.45) is 1.26. The summed E-state index contributed by atoms with van der Waals surface area (Å²) in [5, 5.41) is 24.7. The number of esters is 1. The molecule has 2 rings (SSSR count). The summed E-state index contributed by atoms with van der Waals surface area (Å²) in [6, 6.07) is 9.12. The number of halogens is 1. The number of hydrogen-bond donors (Lipinski definition) is 2. The number of anilines is 1. The standard InChI is InChI=1S/C16H14BrN3O5/c1-2-25-16(22)10-3-5-13(6-4-10)19-18-9-11-7-12(17)8-14(15(11)21)20(23)24/h3-9,19,21H,2H2,1H3/b18-9-. The number of hydrazone groups is 1. The zero-order valence-corrected chi connectivity index (χ0v) is 14.7. The van der Waals surface area contributed by atoms with Gasteiger partial charge in [-0.3, -0.25) is 15.5 Å². The molecule has 0 atom stereocenters. The van der Waals surface area contributed by atoms with E-state index in [0.717, 1.165) is 0 Å². The Kier molecular flexibility index (Phi) is 6.07. The molecule has 0 radical (unpaired) electrons. The lowest BCUT2D eigenvalue weighted by Gasteiger charge is -2.04. The van der Waals surface area contributed by atoms with Crippen molar-refractivity contribution in [2.45, 2.75) is 6.92 Å². The first kappa shape index (κ1) is 18.4. The van der Waals surface area contributed by atoms with E-state index in [1.165, 1.54) is 18.3 Å². The maximum Gasteiger partial charge on any atom is 0.338 e. The van der Waals surface area contributed by atoms with Crippen molar-refractivity contribution in [2.75, 3.05) is 12.0 Å². The molecule has 0 aliphatic heterocycles. The van der Waals surface area contributed by atoms with Crippen molar-refractivity contribution < 1.29 is 19.6 Å².